The van der Waals surface area contributed by atoms with Gasteiger partial charge in [-0.25, -0.2) is 13.2 Å². The zero-order valence-electron chi connectivity index (χ0n) is 15.2. The summed E-state index contributed by atoms with van der Waals surface area (Å²) in [4.78, 5) is 25.0. The molecule has 0 bridgehead atoms. The minimum absolute atomic E-state index is 0.0262. The summed E-state index contributed by atoms with van der Waals surface area (Å²) >= 11 is 0. The van der Waals surface area contributed by atoms with Crippen LogP contribution in [0.4, 0.5) is 5.69 Å². The monoisotopic (exact) mass is 404 g/mol. The van der Waals surface area contributed by atoms with Gasteiger partial charge >= 0.3 is 5.97 Å². The molecule has 0 aromatic heterocycles. The lowest BCUT2D eigenvalue weighted by Crippen LogP contribution is -2.27. The fourth-order valence-corrected chi connectivity index (χ4v) is 4.27. The lowest BCUT2D eigenvalue weighted by Gasteiger charge is -2.16. The number of anilines is 1. The summed E-state index contributed by atoms with van der Waals surface area (Å²) in [5, 5.41) is 9.11. The number of carbonyl (C=O) groups excluding carboxylic acids is 1. The van der Waals surface area contributed by atoms with E-state index in [0.29, 0.717) is 5.56 Å². The van der Waals surface area contributed by atoms with Gasteiger partial charge in [0.25, 0.3) is 15.9 Å². The molecular formula is C19H20N2O6S. The number of likely N-dealkylation sites (tertiary alicyclic amines) is 1. The molecule has 1 fully saturated rings. The number of carboxylic acid groups (broad SMARTS) is 1. The maximum atomic E-state index is 12.7. The molecule has 3 rings (SSSR count). The standard InChI is InChI=1S/C19H20N2O6S/c1-27-16-9-6-14(19(23)24)12-17(16)28(25,26)20-15-7-4-13(5-8-15)18(22)21-10-2-3-11-21/h4-9,12,20H,2-3,10-11H2,1H3,(H,23,24). The smallest absolute Gasteiger partial charge is 0.335 e. The molecule has 2 aromatic rings. The first kappa shape index (κ1) is 19.7. The number of hydrogen-bond donors (Lipinski definition) is 2. The van der Waals surface area contributed by atoms with Crippen LogP contribution in [0.3, 0.4) is 0 Å². The summed E-state index contributed by atoms with van der Waals surface area (Å²) in [5.41, 5.74) is 0.559. The van der Waals surface area contributed by atoms with Crippen molar-refractivity contribution in [3.8, 4) is 5.75 Å². The number of carbonyl (C=O) groups is 2. The predicted octanol–water partition coefficient (Wildman–Crippen LogP) is 2.43. The van der Waals surface area contributed by atoms with E-state index >= 15 is 0 Å². The molecule has 2 N–H and O–H groups in total. The zero-order chi connectivity index (χ0) is 20.3. The van der Waals surface area contributed by atoms with Gasteiger partial charge in [-0.15, -0.1) is 0 Å². The molecule has 1 amide bonds. The fraction of sp³-hybridized carbons (Fsp3) is 0.263. The van der Waals surface area contributed by atoms with Crippen LogP contribution in [0.15, 0.2) is 47.4 Å². The predicted molar refractivity (Wildman–Crippen MR) is 102 cm³/mol. The van der Waals surface area contributed by atoms with Crippen molar-refractivity contribution in [3.63, 3.8) is 0 Å². The van der Waals surface area contributed by atoms with E-state index in [0.717, 1.165) is 32.0 Å². The molecule has 2 aromatic carbocycles. The molecule has 0 radical (unpaired) electrons. The molecule has 148 valence electrons. The van der Waals surface area contributed by atoms with Gasteiger partial charge in [-0.1, -0.05) is 0 Å². The van der Waals surface area contributed by atoms with Crippen LogP contribution in [0.2, 0.25) is 0 Å². The van der Waals surface area contributed by atoms with E-state index in [4.69, 9.17) is 9.84 Å². The SMILES string of the molecule is COc1ccc(C(=O)O)cc1S(=O)(=O)Nc1ccc(C(=O)N2CCCC2)cc1. The van der Waals surface area contributed by atoms with Gasteiger partial charge in [-0.3, -0.25) is 9.52 Å². The zero-order valence-corrected chi connectivity index (χ0v) is 16.0. The van der Waals surface area contributed by atoms with Gasteiger partial charge in [-0.05, 0) is 55.3 Å². The molecule has 0 unspecified atom stereocenters. The van der Waals surface area contributed by atoms with E-state index < -0.39 is 16.0 Å². The Balaban J connectivity index is 1.83. The Bertz CT molecular complexity index is 996. The number of amides is 1. The van der Waals surface area contributed by atoms with Gasteiger partial charge in [0.2, 0.25) is 0 Å². The maximum Gasteiger partial charge on any atom is 0.335 e. The molecule has 9 heteroatoms. The molecule has 8 nitrogen and oxygen atoms in total. The van der Waals surface area contributed by atoms with Crippen molar-refractivity contribution in [2.24, 2.45) is 0 Å². The molecule has 1 saturated heterocycles. The van der Waals surface area contributed by atoms with Gasteiger partial charge in [0, 0.05) is 24.3 Å². The average molecular weight is 404 g/mol. The van der Waals surface area contributed by atoms with Crippen molar-refractivity contribution in [2.75, 3.05) is 24.9 Å². The Labute approximate surface area is 162 Å². The summed E-state index contributed by atoms with van der Waals surface area (Å²) in [7, 11) is -2.80. The molecule has 0 aliphatic carbocycles. The van der Waals surface area contributed by atoms with Crippen molar-refractivity contribution in [3.05, 3.63) is 53.6 Å². The normalized spacial score (nSPS) is 14.0. The number of methoxy groups -OCH3 is 1. The number of ether oxygens (including phenoxy) is 1. The van der Waals surface area contributed by atoms with E-state index in [1.165, 1.54) is 31.4 Å². The minimum Gasteiger partial charge on any atom is -0.495 e. The maximum absolute atomic E-state index is 12.7. The largest absolute Gasteiger partial charge is 0.495 e. The third-order valence-electron chi connectivity index (χ3n) is 4.48. The first-order valence-corrected chi connectivity index (χ1v) is 10.1. The Hall–Kier alpha value is -3.07. The number of sulfonamides is 1. The second kappa shape index (κ2) is 7.89. The molecular weight excluding hydrogens is 384 g/mol. The van der Waals surface area contributed by atoms with Gasteiger partial charge in [-0.2, -0.15) is 0 Å². The highest BCUT2D eigenvalue weighted by Gasteiger charge is 2.23. The number of nitrogens with zero attached hydrogens (tertiary/aromatic N) is 1. The molecule has 0 saturated carbocycles. The van der Waals surface area contributed by atoms with E-state index in [2.05, 4.69) is 4.72 Å². The fourth-order valence-electron chi connectivity index (χ4n) is 3.01. The van der Waals surface area contributed by atoms with Crippen molar-refractivity contribution in [2.45, 2.75) is 17.7 Å². The topological polar surface area (TPSA) is 113 Å². The average Bonchev–Trinajstić information content (AvgIpc) is 3.22. The van der Waals surface area contributed by atoms with Crippen LogP contribution in [0, 0.1) is 0 Å². The summed E-state index contributed by atoms with van der Waals surface area (Å²) in [5.74, 6) is -1.30. The lowest BCUT2D eigenvalue weighted by atomic mass is 10.2. The second-order valence-corrected chi connectivity index (χ2v) is 8.00. The van der Waals surface area contributed by atoms with Crippen LogP contribution in [0.5, 0.6) is 5.75 Å². The van der Waals surface area contributed by atoms with E-state index in [1.54, 1.807) is 17.0 Å². The third kappa shape index (κ3) is 4.09. The summed E-state index contributed by atoms with van der Waals surface area (Å²) in [6, 6.07) is 9.69. The van der Waals surface area contributed by atoms with Crippen LogP contribution < -0.4 is 9.46 Å². The first-order chi connectivity index (χ1) is 13.3. The van der Waals surface area contributed by atoms with Gasteiger partial charge in [0.05, 0.1) is 12.7 Å². The Morgan fingerprint density at radius 2 is 1.64 bits per heavy atom. The molecule has 1 aliphatic rings. The van der Waals surface area contributed by atoms with Crippen LogP contribution in [-0.4, -0.2) is 50.5 Å². The summed E-state index contributed by atoms with van der Waals surface area (Å²) < 4.78 is 32.9. The van der Waals surface area contributed by atoms with Crippen molar-refractivity contribution < 1.29 is 27.9 Å². The number of rotatable bonds is 6. The van der Waals surface area contributed by atoms with Crippen molar-refractivity contribution in [1.82, 2.24) is 4.90 Å². The molecule has 1 aliphatic heterocycles. The molecule has 0 atom stereocenters. The highest BCUT2D eigenvalue weighted by Crippen LogP contribution is 2.27. The highest BCUT2D eigenvalue weighted by molar-refractivity contribution is 7.92. The van der Waals surface area contributed by atoms with Crippen LogP contribution in [0.1, 0.15) is 33.6 Å². The number of carboxylic acids is 1. The number of aromatic carboxylic acids is 1. The number of nitrogens with one attached hydrogen (secondary N) is 1. The van der Waals surface area contributed by atoms with Crippen LogP contribution in [0.25, 0.3) is 0 Å². The van der Waals surface area contributed by atoms with Crippen LogP contribution in [-0.2, 0) is 10.0 Å². The van der Waals surface area contributed by atoms with Gasteiger partial charge < -0.3 is 14.7 Å². The summed E-state index contributed by atoms with van der Waals surface area (Å²) in [6.07, 6.45) is 1.97. The molecule has 28 heavy (non-hydrogen) atoms. The third-order valence-corrected chi connectivity index (χ3v) is 5.88. The second-order valence-electron chi connectivity index (χ2n) is 6.35. The number of benzene rings is 2. The molecule has 0 spiro atoms. The summed E-state index contributed by atoms with van der Waals surface area (Å²) in [6.45, 7) is 1.46. The van der Waals surface area contributed by atoms with E-state index in [-0.39, 0.29) is 27.8 Å². The van der Waals surface area contributed by atoms with Crippen molar-refractivity contribution in [1.29, 1.82) is 0 Å². The number of hydrogen-bond acceptors (Lipinski definition) is 5. The van der Waals surface area contributed by atoms with Gasteiger partial charge in [0.15, 0.2) is 0 Å². The lowest BCUT2D eigenvalue weighted by molar-refractivity contribution is 0.0695. The quantitative estimate of drug-likeness (QED) is 0.765. The van der Waals surface area contributed by atoms with E-state index in [1.807, 2.05) is 0 Å². The van der Waals surface area contributed by atoms with Crippen LogP contribution >= 0.6 is 0 Å². The minimum atomic E-state index is -4.09. The first-order valence-electron chi connectivity index (χ1n) is 8.65. The van der Waals surface area contributed by atoms with Gasteiger partial charge in [0.1, 0.15) is 10.6 Å². The molecule has 1 heterocycles. The highest BCUT2D eigenvalue weighted by atomic mass is 32.2. The van der Waals surface area contributed by atoms with Crippen molar-refractivity contribution >= 4 is 27.6 Å². The Morgan fingerprint density at radius 1 is 1.04 bits per heavy atom. The Morgan fingerprint density at radius 3 is 2.21 bits per heavy atom. The van der Waals surface area contributed by atoms with E-state index in [9.17, 15) is 18.0 Å². The Kier molecular flexibility index (Phi) is 5.55.